The summed E-state index contributed by atoms with van der Waals surface area (Å²) in [5, 5.41) is 4.05. The lowest BCUT2D eigenvalue weighted by Gasteiger charge is -2.18. The van der Waals surface area contributed by atoms with E-state index in [0.717, 1.165) is 16.7 Å². The second-order valence-corrected chi connectivity index (χ2v) is 7.13. The van der Waals surface area contributed by atoms with Gasteiger partial charge in [-0.3, -0.25) is 4.79 Å². The van der Waals surface area contributed by atoms with Gasteiger partial charge in [0.1, 0.15) is 19.8 Å². The molecule has 1 aliphatic heterocycles. The molecular formula is C25H24N2O5. The van der Waals surface area contributed by atoms with E-state index in [1.165, 1.54) is 0 Å². The van der Waals surface area contributed by atoms with E-state index in [0.29, 0.717) is 42.8 Å². The van der Waals surface area contributed by atoms with Crippen molar-refractivity contribution >= 4 is 12.1 Å². The van der Waals surface area contributed by atoms with Crippen molar-refractivity contribution in [2.75, 3.05) is 20.3 Å². The number of benzene rings is 3. The number of carbonyl (C=O) groups is 1. The van der Waals surface area contributed by atoms with Gasteiger partial charge in [0.2, 0.25) is 5.91 Å². The standard InChI is InChI=1S/C25H24N2O5/c1-29-23-14-20(8-10-21(23)32-17-18-5-3-2-4-6-18)16-26-27-25(28)15-19-7-9-22-24(13-19)31-12-11-30-22/h2-10,13-14,16H,11-12,15,17H2,1H3,(H,27,28)/b26-16+. The first kappa shape index (κ1) is 21.2. The Kier molecular flexibility index (Phi) is 6.87. The molecule has 0 atom stereocenters. The summed E-state index contributed by atoms with van der Waals surface area (Å²) in [5.41, 5.74) is 5.21. The van der Waals surface area contributed by atoms with Crippen LogP contribution in [-0.4, -0.2) is 32.4 Å². The highest BCUT2D eigenvalue weighted by Crippen LogP contribution is 2.31. The maximum Gasteiger partial charge on any atom is 0.244 e. The first-order chi connectivity index (χ1) is 15.7. The molecule has 0 saturated heterocycles. The molecule has 32 heavy (non-hydrogen) atoms. The molecule has 1 heterocycles. The van der Waals surface area contributed by atoms with Crippen molar-refractivity contribution < 1.29 is 23.7 Å². The van der Waals surface area contributed by atoms with E-state index < -0.39 is 0 Å². The molecule has 0 radical (unpaired) electrons. The van der Waals surface area contributed by atoms with Crippen LogP contribution in [0.15, 0.2) is 71.8 Å². The van der Waals surface area contributed by atoms with Crippen LogP contribution in [0.4, 0.5) is 0 Å². The van der Waals surface area contributed by atoms with Gasteiger partial charge >= 0.3 is 0 Å². The van der Waals surface area contributed by atoms with Gasteiger partial charge in [0.15, 0.2) is 23.0 Å². The Morgan fingerprint density at radius 3 is 2.59 bits per heavy atom. The van der Waals surface area contributed by atoms with Crippen LogP contribution in [0.2, 0.25) is 0 Å². The number of hydrogen-bond donors (Lipinski definition) is 1. The summed E-state index contributed by atoms with van der Waals surface area (Å²) in [4.78, 5) is 12.2. The summed E-state index contributed by atoms with van der Waals surface area (Å²) >= 11 is 0. The zero-order chi connectivity index (χ0) is 22.2. The first-order valence-corrected chi connectivity index (χ1v) is 10.3. The molecule has 7 nitrogen and oxygen atoms in total. The molecule has 0 unspecified atom stereocenters. The molecule has 1 amide bonds. The summed E-state index contributed by atoms with van der Waals surface area (Å²) in [6.45, 7) is 1.49. The third-order valence-electron chi connectivity index (χ3n) is 4.80. The molecule has 1 aliphatic rings. The van der Waals surface area contributed by atoms with Crippen LogP contribution in [0.3, 0.4) is 0 Å². The smallest absolute Gasteiger partial charge is 0.244 e. The van der Waals surface area contributed by atoms with E-state index in [4.69, 9.17) is 18.9 Å². The van der Waals surface area contributed by atoms with Crippen LogP contribution < -0.4 is 24.4 Å². The zero-order valence-electron chi connectivity index (χ0n) is 17.7. The van der Waals surface area contributed by atoms with Gasteiger partial charge in [-0.15, -0.1) is 0 Å². The zero-order valence-corrected chi connectivity index (χ0v) is 17.7. The Labute approximate surface area is 186 Å². The van der Waals surface area contributed by atoms with Gasteiger partial charge in [-0.05, 0) is 47.0 Å². The van der Waals surface area contributed by atoms with E-state index in [9.17, 15) is 4.79 Å². The van der Waals surface area contributed by atoms with Gasteiger partial charge in [0.05, 0.1) is 19.7 Å². The number of ether oxygens (including phenoxy) is 4. The minimum Gasteiger partial charge on any atom is -0.493 e. The molecule has 3 aromatic rings. The van der Waals surface area contributed by atoms with Crippen LogP contribution >= 0.6 is 0 Å². The van der Waals surface area contributed by atoms with E-state index in [2.05, 4.69) is 10.5 Å². The number of fused-ring (bicyclic) bond motifs is 1. The van der Waals surface area contributed by atoms with Crippen LogP contribution in [0.1, 0.15) is 16.7 Å². The Hall–Kier alpha value is -4.00. The third kappa shape index (κ3) is 5.57. The predicted octanol–water partition coefficient (Wildman–Crippen LogP) is 3.74. The number of amides is 1. The molecule has 3 aromatic carbocycles. The van der Waals surface area contributed by atoms with Crippen LogP contribution in [0.25, 0.3) is 0 Å². The third-order valence-corrected chi connectivity index (χ3v) is 4.80. The number of hydrazone groups is 1. The fourth-order valence-corrected chi connectivity index (χ4v) is 3.22. The SMILES string of the molecule is COc1cc(/C=N/NC(=O)Cc2ccc3c(c2)OCCO3)ccc1OCc1ccccc1. The highest BCUT2D eigenvalue weighted by Gasteiger charge is 2.13. The molecule has 7 heteroatoms. The summed E-state index contributed by atoms with van der Waals surface area (Å²) in [5.74, 6) is 2.35. The molecule has 0 aliphatic carbocycles. The fraction of sp³-hybridized carbons (Fsp3) is 0.200. The highest BCUT2D eigenvalue weighted by molar-refractivity contribution is 5.84. The molecule has 4 rings (SSSR count). The van der Waals surface area contributed by atoms with Crippen LogP contribution in [-0.2, 0) is 17.8 Å². The minimum atomic E-state index is -0.229. The topological polar surface area (TPSA) is 78.4 Å². The number of rotatable bonds is 8. The number of nitrogens with zero attached hydrogens (tertiary/aromatic N) is 1. The summed E-state index contributed by atoms with van der Waals surface area (Å²) in [6.07, 6.45) is 1.74. The van der Waals surface area contributed by atoms with Crippen molar-refractivity contribution in [3.63, 3.8) is 0 Å². The maximum absolute atomic E-state index is 12.2. The van der Waals surface area contributed by atoms with Gasteiger partial charge in [-0.1, -0.05) is 36.4 Å². The van der Waals surface area contributed by atoms with E-state index in [-0.39, 0.29) is 12.3 Å². The van der Waals surface area contributed by atoms with Crippen LogP contribution in [0.5, 0.6) is 23.0 Å². The molecule has 0 spiro atoms. The summed E-state index contributed by atoms with van der Waals surface area (Å²) in [6, 6.07) is 20.8. The molecule has 164 valence electrons. The molecule has 0 bridgehead atoms. The van der Waals surface area contributed by atoms with Gasteiger partial charge in [0.25, 0.3) is 0 Å². The Morgan fingerprint density at radius 1 is 0.969 bits per heavy atom. The molecule has 0 fully saturated rings. The number of methoxy groups -OCH3 is 1. The van der Waals surface area contributed by atoms with Crippen molar-refractivity contribution in [2.24, 2.45) is 5.10 Å². The van der Waals surface area contributed by atoms with Gasteiger partial charge in [0, 0.05) is 0 Å². The lowest BCUT2D eigenvalue weighted by atomic mass is 10.1. The lowest BCUT2D eigenvalue weighted by Crippen LogP contribution is -2.20. The fourth-order valence-electron chi connectivity index (χ4n) is 3.22. The van der Waals surface area contributed by atoms with Crippen LogP contribution in [0, 0.1) is 0 Å². The molecule has 0 aromatic heterocycles. The van der Waals surface area contributed by atoms with Crippen molar-refractivity contribution in [3.8, 4) is 23.0 Å². The van der Waals surface area contributed by atoms with Gasteiger partial charge in [-0.2, -0.15) is 5.10 Å². The van der Waals surface area contributed by atoms with Crippen molar-refractivity contribution in [2.45, 2.75) is 13.0 Å². The van der Waals surface area contributed by atoms with Gasteiger partial charge in [-0.25, -0.2) is 5.43 Å². The minimum absolute atomic E-state index is 0.184. The van der Waals surface area contributed by atoms with E-state index in [1.54, 1.807) is 19.4 Å². The average Bonchev–Trinajstić information content (AvgIpc) is 2.83. The average molecular weight is 432 g/mol. The first-order valence-electron chi connectivity index (χ1n) is 10.3. The van der Waals surface area contributed by atoms with Crippen molar-refractivity contribution in [3.05, 3.63) is 83.4 Å². The molecular weight excluding hydrogens is 408 g/mol. The second-order valence-electron chi connectivity index (χ2n) is 7.13. The van der Waals surface area contributed by atoms with E-state index >= 15 is 0 Å². The van der Waals surface area contributed by atoms with E-state index in [1.807, 2.05) is 60.7 Å². The quantitative estimate of drug-likeness (QED) is 0.433. The lowest BCUT2D eigenvalue weighted by molar-refractivity contribution is -0.120. The predicted molar refractivity (Wildman–Crippen MR) is 121 cm³/mol. The maximum atomic E-state index is 12.2. The number of hydrogen-bond acceptors (Lipinski definition) is 6. The summed E-state index contributed by atoms with van der Waals surface area (Å²) < 4.78 is 22.3. The largest absolute Gasteiger partial charge is 0.493 e. The normalized spacial score (nSPS) is 12.4. The molecule has 0 saturated carbocycles. The highest BCUT2D eigenvalue weighted by atomic mass is 16.6. The van der Waals surface area contributed by atoms with Gasteiger partial charge < -0.3 is 18.9 Å². The number of carbonyl (C=O) groups excluding carboxylic acids is 1. The second kappa shape index (κ2) is 10.3. The monoisotopic (exact) mass is 432 g/mol. The Balaban J connectivity index is 1.32. The summed E-state index contributed by atoms with van der Waals surface area (Å²) in [7, 11) is 1.58. The van der Waals surface area contributed by atoms with Crippen molar-refractivity contribution in [1.29, 1.82) is 0 Å². The molecule has 1 N–H and O–H groups in total. The Bertz CT molecular complexity index is 1100. The van der Waals surface area contributed by atoms with Crippen molar-refractivity contribution in [1.82, 2.24) is 5.43 Å². The number of nitrogens with one attached hydrogen (secondary N) is 1. The Morgan fingerprint density at radius 2 is 1.78 bits per heavy atom.